The molecule has 1 aliphatic heterocycles. The zero-order valence-electron chi connectivity index (χ0n) is 9.90. The van der Waals surface area contributed by atoms with Gasteiger partial charge in [-0.1, -0.05) is 18.2 Å². The van der Waals surface area contributed by atoms with E-state index in [1.165, 1.54) is 17.7 Å². The lowest BCUT2D eigenvalue weighted by Gasteiger charge is -2.12. The molecule has 1 aliphatic rings. The van der Waals surface area contributed by atoms with Gasteiger partial charge in [-0.15, -0.1) is 0 Å². The van der Waals surface area contributed by atoms with Gasteiger partial charge >= 0.3 is 0 Å². The van der Waals surface area contributed by atoms with Gasteiger partial charge in [-0.3, -0.25) is 0 Å². The number of para-hydroxylation sites is 1. The molecule has 3 rings (SSSR count). The number of rotatable bonds is 3. The number of ether oxygens (including phenoxy) is 1. The summed E-state index contributed by atoms with van der Waals surface area (Å²) in [7, 11) is 0. The van der Waals surface area contributed by atoms with Gasteiger partial charge in [-0.2, -0.15) is 0 Å². The maximum absolute atomic E-state index is 12.8. The molecule has 2 aromatic carbocycles. The van der Waals surface area contributed by atoms with Crippen molar-refractivity contribution in [1.29, 1.82) is 0 Å². The van der Waals surface area contributed by atoms with E-state index in [0.29, 0.717) is 0 Å². The van der Waals surface area contributed by atoms with E-state index < -0.39 is 0 Å². The minimum atomic E-state index is -0.218. The van der Waals surface area contributed by atoms with Crippen LogP contribution in [0.1, 0.15) is 5.56 Å². The molecule has 18 heavy (non-hydrogen) atoms. The van der Waals surface area contributed by atoms with Gasteiger partial charge in [0.15, 0.2) is 0 Å². The largest absolute Gasteiger partial charge is 0.488 e. The molecule has 0 fully saturated rings. The monoisotopic (exact) mass is 243 g/mol. The first kappa shape index (κ1) is 11.1. The topological polar surface area (TPSA) is 21.3 Å². The SMILES string of the molecule is Fc1ccc(NCC2Cc3ccccc3O2)cc1. The van der Waals surface area contributed by atoms with E-state index in [-0.39, 0.29) is 11.9 Å². The third kappa shape index (κ3) is 2.30. The van der Waals surface area contributed by atoms with Gasteiger partial charge in [-0.25, -0.2) is 4.39 Å². The first-order valence-corrected chi connectivity index (χ1v) is 6.05. The number of anilines is 1. The average molecular weight is 243 g/mol. The van der Waals surface area contributed by atoms with Gasteiger partial charge in [0, 0.05) is 12.1 Å². The van der Waals surface area contributed by atoms with Gasteiger partial charge in [0.25, 0.3) is 0 Å². The highest BCUT2D eigenvalue weighted by molar-refractivity contribution is 5.44. The molecule has 0 saturated carbocycles. The van der Waals surface area contributed by atoms with E-state index in [9.17, 15) is 4.39 Å². The van der Waals surface area contributed by atoms with Crippen LogP contribution in [0.25, 0.3) is 0 Å². The fraction of sp³-hybridized carbons (Fsp3) is 0.200. The van der Waals surface area contributed by atoms with Crippen LogP contribution in [0.5, 0.6) is 5.75 Å². The maximum Gasteiger partial charge on any atom is 0.123 e. The molecule has 1 heterocycles. The number of benzene rings is 2. The van der Waals surface area contributed by atoms with Gasteiger partial charge in [0.1, 0.15) is 17.7 Å². The average Bonchev–Trinajstić information content (AvgIpc) is 2.81. The van der Waals surface area contributed by atoms with Crippen LogP contribution in [0.3, 0.4) is 0 Å². The number of hydrogen-bond acceptors (Lipinski definition) is 2. The molecule has 0 radical (unpaired) electrons. The lowest BCUT2D eigenvalue weighted by molar-refractivity contribution is 0.246. The van der Waals surface area contributed by atoms with E-state index in [4.69, 9.17) is 4.74 Å². The van der Waals surface area contributed by atoms with Crippen molar-refractivity contribution in [3.05, 3.63) is 59.9 Å². The Balaban J connectivity index is 1.58. The van der Waals surface area contributed by atoms with Crippen molar-refractivity contribution < 1.29 is 9.13 Å². The second-order valence-corrected chi connectivity index (χ2v) is 4.44. The second-order valence-electron chi connectivity index (χ2n) is 4.44. The van der Waals surface area contributed by atoms with Gasteiger partial charge in [0.05, 0.1) is 6.54 Å². The molecule has 1 unspecified atom stereocenters. The molecule has 3 heteroatoms. The Morgan fingerprint density at radius 3 is 2.67 bits per heavy atom. The van der Waals surface area contributed by atoms with E-state index in [1.807, 2.05) is 18.2 Å². The van der Waals surface area contributed by atoms with Crippen molar-refractivity contribution in [3.8, 4) is 5.75 Å². The lowest BCUT2D eigenvalue weighted by atomic mass is 10.1. The second kappa shape index (κ2) is 4.69. The third-order valence-corrected chi connectivity index (χ3v) is 3.09. The fourth-order valence-corrected chi connectivity index (χ4v) is 2.17. The predicted molar refractivity (Wildman–Crippen MR) is 69.5 cm³/mol. The van der Waals surface area contributed by atoms with Crippen LogP contribution in [0.2, 0.25) is 0 Å². The lowest BCUT2D eigenvalue weighted by Crippen LogP contribution is -2.23. The minimum Gasteiger partial charge on any atom is -0.488 e. The Kier molecular flexibility index (Phi) is 2.89. The van der Waals surface area contributed by atoms with Crippen molar-refractivity contribution in [2.45, 2.75) is 12.5 Å². The summed E-state index contributed by atoms with van der Waals surface area (Å²) in [5.74, 6) is 0.758. The molecule has 1 N–H and O–H groups in total. The summed E-state index contributed by atoms with van der Waals surface area (Å²) >= 11 is 0. The standard InChI is InChI=1S/C15H14FNO/c16-12-5-7-13(8-6-12)17-10-14-9-11-3-1-2-4-15(11)18-14/h1-8,14,17H,9-10H2. The van der Waals surface area contributed by atoms with Crippen LogP contribution >= 0.6 is 0 Å². The molecule has 0 bridgehead atoms. The zero-order valence-corrected chi connectivity index (χ0v) is 9.90. The molecule has 1 atom stereocenters. The number of nitrogens with one attached hydrogen (secondary N) is 1. The Labute approximate surface area is 105 Å². The molecule has 0 amide bonds. The summed E-state index contributed by atoms with van der Waals surface area (Å²) < 4.78 is 18.6. The summed E-state index contributed by atoms with van der Waals surface area (Å²) in [4.78, 5) is 0. The molecular weight excluding hydrogens is 229 g/mol. The number of halogens is 1. The zero-order chi connectivity index (χ0) is 12.4. The van der Waals surface area contributed by atoms with Gasteiger partial charge < -0.3 is 10.1 Å². The maximum atomic E-state index is 12.8. The first-order valence-electron chi connectivity index (χ1n) is 6.05. The van der Waals surface area contributed by atoms with Gasteiger partial charge in [-0.05, 0) is 35.9 Å². The van der Waals surface area contributed by atoms with Crippen molar-refractivity contribution in [1.82, 2.24) is 0 Å². The molecule has 92 valence electrons. The predicted octanol–water partition coefficient (Wildman–Crippen LogP) is 3.24. The van der Waals surface area contributed by atoms with E-state index >= 15 is 0 Å². The van der Waals surface area contributed by atoms with Crippen molar-refractivity contribution >= 4 is 5.69 Å². The van der Waals surface area contributed by atoms with Crippen LogP contribution < -0.4 is 10.1 Å². The third-order valence-electron chi connectivity index (χ3n) is 3.09. The van der Waals surface area contributed by atoms with Crippen molar-refractivity contribution in [2.24, 2.45) is 0 Å². The summed E-state index contributed by atoms with van der Waals surface area (Å²) in [5, 5.41) is 3.26. The Hall–Kier alpha value is -2.03. The summed E-state index contributed by atoms with van der Waals surface area (Å²) in [5.41, 5.74) is 2.17. The highest BCUT2D eigenvalue weighted by atomic mass is 19.1. The van der Waals surface area contributed by atoms with Crippen LogP contribution in [0.15, 0.2) is 48.5 Å². The highest BCUT2D eigenvalue weighted by Gasteiger charge is 2.21. The number of fused-ring (bicyclic) bond motifs is 1. The highest BCUT2D eigenvalue weighted by Crippen LogP contribution is 2.28. The molecule has 2 aromatic rings. The molecule has 0 aromatic heterocycles. The van der Waals surface area contributed by atoms with E-state index in [2.05, 4.69) is 11.4 Å². The molecule has 2 nitrogen and oxygen atoms in total. The molecular formula is C15H14FNO. The first-order chi connectivity index (χ1) is 8.81. The van der Waals surface area contributed by atoms with Gasteiger partial charge in [0.2, 0.25) is 0 Å². The fourth-order valence-electron chi connectivity index (χ4n) is 2.17. The number of hydrogen-bond donors (Lipinski definition) is 1. The Bertz CT molecular complexity index is 513. The summed E-state index contributed by atoms with van der Waals surface area (Å²) in [6.07, 6.45) is 1.07. The molecule has 0 spiro atoms. The van der Waals surface area contributed by atoms with Crippen LogP contribution in [0, 0.1) is 5.82 Å². The van der Waals surface area contributed by atoms with E-state index in [0.717, 1.165) is 24.4 Å². The smallest absolute Gasteiger partial charge is 0.123 e. The normalized spacial score (nSPS) is 17.1. The van der Waals surface area contributed by atoms with Crippen LogP contribution in [-0.4, -0.2) is 12.6 Å². The summed E-state index contributed by atoms with van der Waals surface area (Å²) in [6.45, 7) is 0.723. The Morgan fingerprint density at radius 2 is 1.89 bits per heavy atom. The minimum absolute atomic E-state index is 0.146. The molecule has 0 saturated heterocycles. The van der Waals surface area contributed by atoms with Crippen LogP contribution in [-0.2, 0) is 6.42 Å². The van der Waals surface area contributed by atoms with Crippen LogP contribution in [0.4, 0.5) is 10.1 Å². The Morgan fingerprint density at radius 1 is 1.11 bits per heavy atom. The van der Waals surface area contributed by atoms with E-state index in [1.54, 1.807) is 12.1 Å². The van der Waals surface area contributed by atoms with Crippen molar-refractivity contribution in [3.63, 3.8) is 0 Å². The quantitative estimate of drug-likeness (QED) is 0.893. The van der Waals surface area contributed by atoms with Crippen molar-refractivity contribution in [2.75, 3.05) is 11.9 Å². The molecule has 0 aliphatic carbocycles. The summed E-state index contributed by atoms with van der Waals surface area (Å²) in [6, 6.07) is 14.5.